The maximum atomic E-state index is 12.2. The molecule has 5 nitrogen and oxygen atoms in total. The van der Waals surface area contributed by atoms with Crippen LogP contribution in [-0.4, -0.2) is 27.8 Å². The predicted octanol–water partition coefficient (Wildman–Crippen LogP) is 4.09. The van der Waals surface area contributed by atoms with E-state index in [1.807, 2.05) is 47.1 Å². The van der Waals surface area contributed by atoms with Crippen LogP contribution in [0.4, 0.5) is 0 Å². The average molecular weight is 398 g/mol. The third-order valence-corrected chi connectivity index (χ3v) is 4.97. The molecule has 6 heteroatoms. The zero-order valence-corrected chi connectivity index (χ0v) is 15.2. The Labute approximate surface area is 153 Å². The zero-order chi connectivity index (χ0) is 17.4. The van der Waals surface area contributed by atoms with Gasteiger partial charge >= 0.3 is 5.97 Å². The van der Waals surface area contributed by atoms with Gasteiger partial charge in [0.1, 0.15) is 5.56 Å². The Hall–Kier alpha value is -2.47. The van der Waals surface area contributed by atoms with Gasteiger partial charge in [0.2, 0.25) is 0 Å². The van der Waals surface area contributed by atoms with Gasteiger partial charge in [0, 0.05) is 28.2 Å². The van der Waals surface area contributed by atoms with Crippen molar-refractivity contribution in [3.63, 3.8) is 0 Å². The number of benzene rings is 1. The van der Waals surface area contributed by atoms with E-state index in [2.05, 4.69) is 26.0 Å². The van der Waals surface area contributed by atoms with Gasteiger partial charge in [-0.1, -0.05) is 28.1 Å². The first kappa shape index (κ1) is 16.0. The lowest BCUT2D eigenvalue weighted by Crippen LogP contribution is -2.08. The van der Waals surface area contributed by atoms with Crippen molar-refractivity contribution < 1.29 is 9.53 Å². The number of esters is 1. The molecular formula is C19H16BrN3O2. The summed E-state index contributed by atoms with van der Waals surface area (Å²) in [5.74, 6) is 0.139. The van der Waals surface area contributed by atoms with Gasteiger partial charge in [-0.25, -0.2) is 9.48 Å². The molecule has 0 bridgehead atoms. The second kappa shape index (κ2) is 6.44. The molecular weight excluding hydrogens is 382 g/mol. The van der Waals surface area contributed by atoms with Crippen LogP contribution in [0.1, 0.15) is 40.0 Å². The van der Waals surface area contributed by atoms with Crippen LogP contribution in [-0.2, 0) is 4.74 Å². The van der Waals surface area contributed by atoms with Crippen LogP contribution in [0.5, 0.6) is 0 Å². The predicted molar refractivity (Wildman–Crippen MR) is 96.9 cm³/mol. The van der Waals surface area contributed by atoms with E-state index in [9.17, 15) is 4.79 Å². The molecule has 25 heavy (non-hydrogen) atoms. The summed E-state index contributed by atoms with van der Waals surface area (Å²) >= 11 is 3.49. The molecule has 2 atom stereocenters. The molecule has 0 amide bonds. The molecule has 1 saturated carbocycles. The van der Waals surface area contributed by atoms with Crippen molar-refractivity contribution in [1.29, 1.82) is 0 Å². The Bertz CT molecular complexity index is 923. The number of carbonyl (C=O) groups excluding carboxylic acids is 1. The molecule has 2 aromatic heterocycles. The number of pyridine rings is 1. The fraction of sp³-hybridized carbons (Fsp3) is 0.211. The first-order valence-electron chi connectivity index (χ1n) is 8.02. The minimum atomic E-state index is -0.358. The summed E-state index contributed by atoms with van der Waals surface area (Å²) in [4.78, 5) is 16.7. The number of carbonyl (C=O) groups is 1. The number of rotatable bonds is 4. The molecule has 0 spiro atoms. The average Bonchev–Trinajstić information content (AvgIpc) is 3.32. The summed E-state index contributed by atoms with van der Waals surface area (Å²) < 4.78 is 7.75. The maximum Gasteiger partial charge on any atom is 0.341 e. The fourth-order valence-electron chi connectivity index (χ4n) is 3.21. The smallest absolute Gasteiger partial charge is 0.341 e. The Kier molecular flexibility index (Phi) is 4.13. The monoisotopic (exact) mass is 397 g/mol. The van der Waals surface area contributed by atoms with Crippen LogP contribution < -0.4 is 0 Å². The molecule has 1 aromatic carbocycles. The van der Waals surface area contributed by atoms with Gasteiger partial charge in [-0.2, -0.15) is 5.10 Å². The summed E-state index contributed by atoms with van der Waals surface area (Å²) in [7, 11) is 1.39. The first-order chi connectivity index (χ1) is 12.2. The van der Waals surface area contributed by atoms with Crippen molar-refractivity contribution in [2.24, 2.45) is 0 Å². The molecule has 0 aliphatic heterocycles. The van der Waals surface area contributed by atoms with Gasteiger partial charge in [-0.05, 0) is 36.8 Å². The second-order valence-electron chi connectivity index (χ2n) is 6.03. The quantitative estimate of drug-likeness (QED) is 0.622. The van der Waals surface area contributed by atoms with Gasteiger partial charge in [0.05, 0.1) is 24.7 Å². The lowest BCUT2D eigenvalue weighted by molar-refractivity contribution is 0.0599. The molecule has 3 aromatic rings. The zero-order valence-electron chi connectivity index (χ0n) is 13.6. The van der Waals surface area contributed by atoms with Gasteiger partial charge in [0.25, 0.3) is 0 Å². The largest absolute Gasteiger partial charge is 0.465 e. The highest BCUT2D eigenvalue weighted by atomic mass is 79.9. The van der Waals surface area contributed by atoms with Crippen LogP contribution >= 0.6 is 15.9 Å². The third kappa shape index (κ3) is 2.98. The molecule has 1 aliphatic carbocycles. The summed E-state index contributed by atoms with van der Waals surface area (Å²) in [6.07, 6.45) is 4.34. The molecule has 0 saturated heterocycles. The fourth-order valence-corrected chi connectivity index (χ4v) is 3.60. The molecule has 126 valence electrons. The van der Waals surface area contributed by atoms with E-state index in [0.29, 0.717) is 11.5 Å². The Morgan fingerprint density at radius 3 is 2.84 bits per heavy atom. The number of nitrogens with zero attached hydrogens (tertiary/aromatic N) is 3. The number of halogens is 1. The molecule has 1 aliphatic rings. The molecule has 0 radical (unpaired) electrons. The number of aromatic nitrogens is 3. The van der Waals surface area contributed by atoms with Crippen LogP contribution in [0.15, 0.2) is 59.3 Å². The van der Waals surface area contributed by atoms with E-state index in [-0.39, 0.29) is 11.9 Å². The lowest BCUT2D eigenvalue weighted by atomic mass is 10.1. The van der Waals surface area contributed by atoms with Crippen molar-refractivity contribution >= 4 is 21.9 Å². The minimum Gasteiger partial charge on any atom is -0.465 e. The van der Waals surface area contributed by atoms with E-state index in [0.717, 1.165) is 28.0 Å². The molecule has 2 heterocycles. The molecule has 2 unspecified atom stereocenters. The summed E-state index contributed by atoms with van der Waals surface area (Å²) in [6, 6.07) is 13.8. The minimum absolute atomic E-state index is 0.200. The highest BCUT2D eigenvalue weighted by molar-refractivity contribution is 9.10. The standard InChI is InChI=1S/C19H16BrN3O2/c1-25-19(24)16-11-22-23(13-6-4-5-12(20)9-13)18(16)15-10-14(15)17-7-2-3-8-21-17/h2-9,11,14-15H,10H2,1H3. The van der Waals surface area contributed by atoms with E-state index in [1.165, 1.54) is 7.11 Å². The molecule has 0 N–H and O–H groups in total. The highest BCUT2D eigenvalue weighted by Gasteiger charge is 2.45. The summed E-state index contributed by atoms with van der Waals surface area (Å²) in [5.41, 5.74) is 3.36. The van der Waals surface area contributed by atoms with Crippen LogP contribution in [0.25, 0.3) is 5.69 Å². The van der Waals surface area contributed by atoms with Crippen LogP contribution in [0.3, 0.4) is 0 Å². The van der Waals surface area contributed by atoms with Gasteiger partial charge in [-0.15, -0.1) is 0 Å². The Morgan fingerprint density at radius 2 is 2.12 bits per heavy atom. The van der Waals surface area contributed by atoms with Crippen LogP contribution in [0.2, 0.25) is 0 Å². The SMILES string of the molecule is COC(=O)c1cnn(-c2cccc(Br)c2)c1C1CC1c1ccccn1. The van der Waals surface area contributed by atoms with Crippen LogP contribution in [0, 0.1) is 0 Å². The van der Waals surface area contributed by atoms with Crippen molar-refractivity contribution in [1.82, 2.24) is 14.8 Å². The van der Waals surface area contributed by atoms with E-state index in [1.54, 1.807) is 12.4 Å². The number of methoxy groups -OCH3 is 1. The summed E-state index contributed by atoms with van der Waals surface area (Å²) in [6.45, 7) is 0. The number of ether oxygens (including phenoxy) is 1. The molecule has 1 fully saturated rings. The van der Waals surface area contributed by atoms with E-state index in [4.69, 9.17) is 4.74 Å². The highest BCUT2D eigenvalue weighted by Crippen LogP contribution is 2.55. The topological polar surface area (TPSA) is 57.0 Å². The van der Waals surface area contributed by atoms with Crippen molar-refractivity contribution in [3.05, 3.63) is 76.3 Å². The van der Waals surface area contributed by atoms with E-state index < -0.39 is 0 Å². The third-order valence-electron chi connectivity index (χ3n) is 4.47. The first-order valence-corrected chi connectivity index (χ1v) is 8.81. The van der Waals surface area contributed by atoms with Crippen molar-refractivity contribution in [3.8, 4) is 5.69 Å². The number of hydrogen-bond donors (Lipinski definition) is 0. The lowest BCUT2D eigenvalue weighted by Gasteiger charge is -2.10. The van der Waals surface area contributed by atoms with E-state index >= 15 is 0 Å². The van der Waals surface area contributed by atoms with Crippen molar-refractivity contribution in [2.75, 3.05) is 7.11 Å². The van der Waals surface area contributed by atoms with Gasteiger partial charge < -0.3 is 4.74 Å². The van der Waals surface area contributed by atoms with Crippen molar-refractivity contribution in [2.45, 2.75) is 18.3 Å². The number of hydrogen-bond acceptors (Lipinski definition) is 4. The Balaban J connectivity index is 1.77. The maximum absolute atomic E-state index is 12.2. The second-order valence-corrected chi connectivity index (χ2v) is 6.95. The Morgan fingerprint density at radius 1 is 1.24 bits per heavy atom. The van der Waals surface area contributed by atoms with Gasteiger partial charge in [-0.3, -0.25) is 4.98 Å². The summed E-state index contributed by atoms with van der Waals surface area (Å²) in [5, 5.41) is 4.46. The molecule has 4 rings (SSSR count). The normalized spacial score (nSPS) is 18.8. The van der Waals surface area contributed by atoms with Gasteiger partial charge in [0.15, 0.2) is 0 Å².